The Morgan fingerprint density at radius 3 is 2.78 bits per heavy atom. The van der Waals surface area contributed by atoms with Crippen molar-refractivity contribution < 1.29 is 9.13 Å². The van der Waals surface area contributed by atoms with Crippen LogP contribution in [0.4, 0.5) is 4.39 Å². The van der Waals surface area contributed by atoms with Crippen molar-refractivity contribution in [3.63, 3.8) is 0 Å². The number of halogens is 2. The van der Waals surface area contributed by atoms with Crippen LogP contribution in [0.5, 0.6) is 5.75 Å². The Morgan fingerprint density at radius 2 is 2.22 bits per heavy atom. The van der Waals surface area contributed by atoms with Gasteiger partial charge in [0.15, 0.2) is 11.6 Å². The van der Waals surface area contributed by atoms with Crippen LogP contribution in [0.25, 0.3) is 0 Å². The number of thiophene rings is 1. The van der Waals surface area contributed by atoms with E-state index < -0.39 is 0 Å². The Kier molecular flexibility index (Phi) is 4.37. The summed E-state index contributed by atoms with van der Waals surface area (Å²) < 4.78 is 19.4. The molecule has 2 N–H and O–H groups in total. The molecule has 1 unspecified atom stereocenters. The second-order valence-corrected chi connectivity index (χ2v) is 5.81. The van der Waals surface area contributed by atoms with Crippen molar-refractivity contribution >= 4 is 27.3 Å². The Bertz CT molecular complexity index is 544. The van der Waals surface area contributed by atoms with Crippen molar-refractivity contribution in [3.05, 3.63) is 50.4 Å². The molecule has 2 nitrogen and oxygen atoms in total. The first-order valence-corrected chi connectivity index (χ1v) is 7.09. The van der Waals surface area contributed by atoms with E-state index in [4.69, 9.17) is 10.5 Å². The summed E-state index contributed by atoms with van der Waals surface area (Å²) in [7, 11) is 1.45. The van der Waals surface area contributed by atoms with E-state index in [0.29, 0.717) is 6.42 Å². The number of methoxy groups -OCH3 is 1. The lowest BCUT2D eigenvalue weighted by molar-refractivity contribution is 0.386. The predicted molar refractivity (Wildman–Crippen MR) is 75.6 cm³/mol. The van der Waals surface area contributed by atoms with E-state index in [1.54, 1.807) is 17.4 Å². The summed E-state index contributed by atoms with van der Waals surface area (Å²) in [6.45, 7) is 0. The lowest BCUT2D eigenvalue weighted by Gasteiger charge is -2.10. The van der Waals surface area contributed by atoms with Gasteiger partial charge in [-0.25, -0.2) is 4.39 Å². The van der Waals surface area contributed by atoms with Crippen LogP contribution < -0.4 is 10.5 Å². The van der Waals surface area contributed by atoms with Crippen molar-refractivity contribution in [1.82, 2.24) is 0 Å². The van der Waals surface area contributed by atoms with Crippen molar-refractivity contribution in [3.8, 4) is 5.75 Å². The molecule has 0 amide bonds. The van der Waals surface area contributed by atoms with Crippen LogP contribution in [0.3, 0.4) is 0 Å². The smallest absolute Gasteiger partial charge is 0.165 e. The molecule has 1 atom stereocenters. The maximum absolute atomic E-state index is 13.5. The molecule has 0 aliphatic carbocycles. The van der Waals surface area contributed by atoms with Gasteiger partial charge in [-0.1, -0.05) is 6.07 Å². The van der Waals surface area contributed by atoms with Crippen LogP contribution in [0.1, 0.15) is 16.5 Å². The molecule has 1 heterocycles. The van der Waals surface area contributed by atoms with Crippen molar-refractivity contribution in [2.24, 2.45) is 5.73 Å². The van der Waals surface area contributed by atoms with Crippen molar-refractivity contribution in [2.45, 2.75) is 12.5 Å². The number of benzene rings is 1. The molecule has 0 aliphatic heterocycles. The van der Waals surface area contributed by atoms with E-state index in [-0.39, 0.29) is 17.6 Å². The second kappa shape index (κ2) is 5.82. The van der Waals surface area contributed by atoms with Crippen LogP contribution in [0.15, 0.2) is 34.1 Å². The molecular weight excluding hydrogens is 317 g/mol. The highest BCUT2D eigenvalue weighted by Gasteiger charge is 2.11. The molecule has 1 aromatic carbocycles. The van der Waals surface area contributed by atoms with E-state index >= 15 is 0 Å². The van der Waals surface area contributed by atoms with Crippen LogP contribution in [-0.4, -0.2) is 7.11 Å². The van der Waals surface area contributed by atoms with Gasteiger partial charge in [-0.05, 0) is 46.1 Å². The monoisotopic (exact) mass is 329 g/mol. The molecule has 96 valence electrons. The summed E-state index contributed by atoms with van der Waals surface area (Å²) in [5, 5.41) is 1.99. The van der Waals surface area contributed by atoms with Gasteiger partial charge in [-0.15, -0.1) is 11.3 Å². The fraction of sp³-hybridized carbons (Fsp3) is 0.231. The number of ether oxygens (including phenoxy) is 1. The van der Waals surface area contributed by atoms with Gasteiger partial charge in [0.25, 0.3) is 0 Å². The topological polar surface area (TPSA) is 35.2 Å². The highest BCUT2D eigenvalue weighted by atomic mass is 79.9. The number of hydrogen-bond donors (Lipinski definition) is 1. The van der Waals surface area contributed by atoms with Crippen LogP contribution >= 0.6 is 27.3 Å². The molecule has 2 aromatic rings. The molecule has 5 heteroatoms. The van der Waals surface area contributed by atoms with E-state index in [1.807, 2.05) is 17.5 Å². The maximum atomic E-state index is 13.5. The molecule has 0 saturated heterocycles. The molecule has 0 aliphatic rings. The molecule has 0 bridgehead atoms. The highest BCUT2D eigenvalue weighted by molar-refractivity contribution is 9.10. The number of rotatable bonds is 4. The zero-order valence-electron chi connectivity index (χ0n) is 9.82. The van der Waals surface area contributed by atoms with Gasteiger partial charge < -0.3 is 10.5 Å². The second-order valence-electron chi connectivity index (χ2n) is 3.95. The van der Waals surface area contributed by atoms with Crippen LogP contribution in [-0.2, 0) is 6.42 Å². The minimum absolute atomic E-state index is 0.117. The molecule has 18 heavy (non-hydrogen) atoms. The molecule has 2 rings (SSSR count). The normalized spacial score (nSPS) is 12.4. The Hall–Kier alpha value is -0.910. The van der Waals surface area contributed by atoms with E-state index in [9.17, 15) is 4.39 Å². The molecule has 0 spiro atoms. The molecule has 0 saturated carbocycles. The first kappa shape index (κ1) is 13.5. The maximum Gasteiger partial charge on any atom is 0.165 e. The fourth-order valence-electron chi connectivity index (χ4n) is 1.71. The summed E-state index contributed by atoms with van der Waals surface area (Å²) in [5.74, 6) is -0.0965. The largest absolute Gasteiger partial charge is 0.494 e. The SMILES string of the molecule is COc1ccc(CC(N)c2cc(Br)cs2)cc1F. The summed E-state index contributed by atoms with van der Waals surface area (Å²) >= 11 is 4.99. The van der Waals surface area contributed by atoms with Gasteiger partial charge in [0.05, 0.1) is 7.11 Å². The first-order valence-electron chi connectivity index (χ1n) is 5.42. The van der Waals surface area contributed by atoms with Gasteiger partial charge in [-0.2, -0.15) is 0 Å². The summed E-state index contributed by atoms with van der Waals surface area (Å²) in [6.07, 6.45) is 0.605. The Balaban J connectivity index is 2.12. The quantitative estimate of drug-likeness (QED) is 0.923. The average molecular weight is 330 g/mol. The zero-order chi connectivity index (χ0) is 13.1. The lowest BCUT2D eigenvalue weighted by atomic mass is 10.1. The third-order valence-corrected chi connectivity index (χ3v) is 4.45. The summed E-state index contributed by atoms with van der Waals surface area (Å²) in [4.78, 5) is 1.08. The third-order valence-electron chi connectivity index (χ3n) is 2.63. The molecular formula is C13H13BrFNOS. The van der Waals surface area contributed by atoms with Crippen LogP contribution in [0, 0.1) is 5.82 Å². The molecule has 0 radical (unpaired) electrons. The Labute approximate surface area is 118 Å². The molecule has 1 aromatic heterocycles. The summed E-state index contributed by atoms with van der Waals surface area (Å²) in [5.41, 5.74) is 6.96. The minimum Gasteiger partial charge on any atom is -0.494 e. The van der Waals surface area contributed by atoms with Crippen LogP contribution in [0.2, 0.25) is 0 Å². The third kappa shape index (κ3) is 3.10. The Morgan fingerprint density at radius 1 is 1.44 bits per heavy atom. The predicted octanol–water partition coefficient (Wildman–Crippen LogP) is 3.90. The lowest BCUT2D eigenvalue weighted by Crippen LogP contribution is -2.11. The minimum atomic E-state index is -0.352. The first-order chi connectivity index (χ1) is 8.60. The van der Waals surface area contributed by atoms with E-state index in [0.717, 1.165) is 14.9 Å². The molecule has 0 fully saturated rings. The van der Waals surface area contributed by atoms with E-state index in [2.05, 4.69) is 15.9 Å². The van der Waals surface area contributed by atoms with E-state index in [1.165, 1.54) is 13.2 Å². The average Bonchev–Trinajstić information content (AvgIpc) is 2.76. The summed E-state index contributed by atoms with van der Waals surface area (Å²) in [6, 6.07) is 6.82. The van der Waals surface area contributed by atoms with Gasteiger partial charge in [0, 0.05) is 20.8 Å². The van der Waals surface area contributed by atoms with Gasteiger partial charge in [0.1, 0.15) is 0 Å². The number of nitrogens with two attached hydrogens (primary N) is 1. The number of hydrogen-bond acceptors (Lipinski definition) is 3. The standard InChI is InChI=1S/C13H13BrFNOS/c1-17-12-3-2-8(4-10(12)15)5-11(16)13-6-9(14)7-18-13/h2-4,6-7,11H,5,16H2,1H3. The zero-order valence-corrected chi connectivity index (χ0v) is 12.2. The fourth-order valence-corrected chi connectivity index (χ4v) is 3.16. The van der Waals surface area contributed by atoms with Gasteiger partial charge in [0.2, 0.25) is 0 Å². The van der Waals surface area contributed by atoms with Gasteiger partial charge >= 0.3 is 0 Å². The highest BCUT2D eigenvalue weighted by Crippen LogP contribution is 2.27. The van der Waals surface area contributed by atoms with Crippen molar-refractivity contribution in [2.75, 3.05) is 7.11 Å². The van der Waals surface area contributed by atoms with Gasteiger partial charge in [-0.3, -0.25) is 0 Å². The van der Waals surface area contributed by atoms with Crippen molar-refractivity contribution in [1.29, 1.82) is 0 Å².